The number of hydrogen-bond donors (Lipinski definition) is 2. The monoisotopic (exact) mass is 290 g/mol. The Kier molecular flexibility index (Phi) is 4.50. The van der Waals surface area contributed by atoms with Crippen LogP contribution in [-0.2, 0) is 6.54 Å². The molecule has 0 saturated carbocycles. The minimum absolute atomic E-state index is 0.0801. The van der Waals surface area contributed by atoms with Crippen LogP contribution < -0.4 is 5.32 Å². The molecule has 0 radical (unpaired) electrons. The molecule has 2 rings (SSSR count). The average molecular weight is 290 g/mol. The Morgan fingerprint density at radius 2 is 2.14 bits per heavy atom. The molecular weight excluding hydrogens is 268 g/mol. The Bertz CT molecular complexity index is 540. The number of carboxylic acid groups (broad SMARTS) is 1. The predicted molar refractivity (Wildman–Crippen MR) is 80.2 cm³/mol. The number of nitrogens with one attached hydrogen (secondary N) is 1. The van der Waals surface area contributed by atoms with Gasteiger partial charge in [-0.15, -0.1) is 0 Å². The summed E-state index contributed by atoms with van der Waals surface area (Å²) in [5, 5.41) is 11.8. The van der Waals surface area contributed by atoms with Crippen molar-refractivity contribution in [3.63, 3.8) is 0 Å². The second-order valence-corrected chi connectivity index (χ2v) is 6.35. The molecule has 1 aliphatic rings. The van der Waals surface area contributed by atoms with Gasteiger partial charge in [-0.2, -0.15) is 0 Å². The third kappa shape index (κ3) is 4.21. The average Bonchev–Trinajstić information content (AvgIpc) is 2.44. The standard InChI is InChI=1S/C16H22N2O3/c1-16(2)7-4-8-18(11-16)15(21)17-10-12-5-3-6-13(9-12)14(19)20/h3,5-6,9H,4,7-8,10-11H2,1-2H3,(H,17,21)(H,19,20). The SMILES string of the molecule is CC1(C)CCCN(C(=O)NCc2cccc(C(=O)O)c2)C1. The highest BCUT2D eigenvalue weighted by Crippen LogP contribution is 2.28. The summed E-state index contributed by atoms with van der Waals surface area (Å²) >= 11 is 0. The summed E-state index contributed by atoms with van der Waals surface area (Å²) in [7, 11) is 0. The summed E-state index contributed by atoms with van der Waals surface area (Å²) in [6, 6.07) is 6.55. The van der Waals surface area contributed by atoms with Gasteiger partial charge in [0.05, 0.1) is 5.56 Å². The van der Waals surface area contributed by atoms with Crippen molar-refractivity contribution >= 4 is 12.0 Å². The van der Waals surface area contributed by atoms with E-state index >= 15 is 0 Å². The van der Waals surface area contributed by atoms with E-state index in [1.165, 1.54) is 0 Å². The van der Waals surface area contributed by atoms with Crippen LogP contribution in [0.1, 0.15) is 42.6 Å². The molecule has 2 amide bonds. The van der Waals surface area contributed by atoms with Gasteiger partial charge in [-0.1, -0.05) is 26.0 Å². The first-order chi connectivity index (χ1) is 9.87. The number of amides is 2. The molecule has 0 unspecified atom stereocenters. The molecule has 1 aliphatic heterocycles. The summed E-state index contributed by atoms with van der Waals surface area (Å²) in [6.45, 7) is 6.22. The molecule has 0 atom stereocenters. The van der Waals surface area contributed by atoms with Crippen molar-refractivity contribution in [3.05, 3.63) is 35.4 Å². The number of aromatic carboxylic acids is 1. The van der Waals surface area contributed by atoms with Crippen LogP contribution in [0.5, 0.6) is 0 Å². The lowest BCUT2D eigenvalue weighted by Gasteiger charge is -2.37. The van der Waals surface area contributed by atoms with Crippen molar-refractivity contribution in [3.8, 4) is 0 Å². The fourth-order valence-electron chi connectivity index (χ4n) is 2.70. The van der Waals surface area contributed by atoms with E-state index in [4.69, 9.17) is 5.11 Å². The van der Waals surface area contributed by atoms with Gasteiger partial charge in [0.25, 0.3) is 0 Å². The maximum Gasteiger partial charge on any atom is 0.335 e. The van der Waals surface area contributed by atoms with E-state index in [0.29, 0.717) is 6.54 Å². The molecule has 2 N–H and O–H groups in total. The molecule has 5 heteroatoms. The van der Waals surface area contributed by atoms with Crippen LogP contribution in [-0.4, -0.2) is 35.1 Å². The second kappa shape index (κ2) is 6.16. The van der Waals surface area contributed by atoms with Crippen LogP contribution in [0.3, 0.4) is 0 Å². The number of rotatable bonds is 3. The van der Waals surface area contributed by atoms with Crippen molar-refractivity contribution in [1.29, 1.82) is 0 Å². The van der Waals surface area contributed by atoms with Gasteiger partial charge >= 0.3 is 12.0 Å². The molecule has 1 fully saturated rings. The molecule has 1 saturated heterocycles. The van der Waals surface area contributed by atoms with Gasteiger partial charge in [-0.3, -0.25) is 0 Å². The Morgan fingerprint density at radius 1 is 1.38 bits per heavy atom. The van der Waals surface area contributed by atoms with Gasteiger partial charge < -0.3 is 15.3 Å². The van der Waals surface area contributed by atoms with Gasteiger partial charge in [0.15, 0.2) is 0 Å². The Labute approximate surface area is 125 Å². The summed E-state index contributed by atoms with van der Waals surface area (Å²) in [4.78, 5) is 24.9. The van der Waals surface area contributed by atoms with E-state index in [0.717, 1.165) is 31.5 Å². The van der Waals surface area contributed by atoms with Crippen molar-refractivity contribution in [2.24, 2.45) is 5.41 Å². The van der Waals surface area contributed by atoms with Gasteiger partial charge in [-0.05, 0) is 36.0 Å². The van der Waals surface area contributed by atoms with E-state index in [9.17, 15) is 9.59 Å². The summed E-state index contributed by atoms with van der Waals surface area (Å²) in [5.74, 6) is -0.957. The number of benzene rings is 1. The number of piperidine rings is 1. The van der Waals surface area contributed by atoms with Gasteiger partial charge in [0, 0.05) is 19.6 Å². The number of carbonyl (C=O) groups is 2. The van der Waals surface area contributed by atoms with Gasteiger partial charge in [0.2, 0.25) is 0 Å². The molecule has 0 aromatic heterocycles. The largest absolute Gasteiger partial charge is 0.478 e. The quantitative estimate of drug-likeness (QED) is 0.899. The summed E-state index contributed by atoms with van der Waals surface area (Å²) < 4.78 is 0. The predicted octanol–water partition coefficient (Wildman–Crippen LogP) is 2.72. The number of carbonyl (C=O) groups excluding carboxylic acids is 1. The Morgan fingerprint density at radius 3 is 2.81 bits per heavy atom. The van der Waals surface area contributed by atoms with Crippen molar-refractivity contribution in [1.82, 2.24) is 10.2 Å². The van der Waals surface area contributed by atoms with Crippen LogP contribution in [0.25, 0.3) is 0 Å². The van der Waals surface area contributed by atoms with Crippen LogP contribution >= 0.6 is 0 Å². The van der Waals surface area contributed by atoms with E-state index in [2.05, 4.69) is 19.2 Å². The van der Waals surface area contributed by atoms with Gasteiger partial charge in [0.1, 0.15) is 0 Å². The highest BCUT2D eigenvalue weighted by Gasteiger charge is 2.28. The Balaban J connectivity index is 1.92. The highest BCUT2D eigenvalue weighted by molar-refractivity contribution is 5.87. The number of nitrogens with zero attached hydrogens (tertiary/aromatic N) is 1. The summed E-state index contributed by atoms with van der Waals surface area (Å²) in [6.07, 6.45) is 2.16. The third-order valence-corrected chi connectivity index (χ3v) is 3.81. The van der Waals surface area contributed by atoms with Crippen molar-refractivity contribution in [2.45, 2.75) is 33.2 Å². The molecule has 0 aliphatic carbocycles. The van der Waals surface area contributed by atoms with Crippen molar-refractivity contribution < 1.29 is 14.7 Å². The number of carboxylic acids is 1. The number of urea groups is 1. The fourth-order valence-corrected chi connectivity index (χ4v) is 2.70. The third-order valence-electron chi connectivity index (χ3n) is 3.81. The molecule has 0 spiro atoms. The smallest absolute Gasteiger partial charge is 0.335 e. The highest BCUT2D eigenvalue weighted by atomic mass is 16.4. The lowest BCUT2D eigenvalue weighted by molar-refractivity contribution is 0.0696. The molecule has 114 valence electrons. The zero-order chi connectivity index (χ0) is 15.5. The first kappa shape index (κ1) is 15.4. The number of hydrogen-bond acceptors (Lipinski definition) is 2. The first-order valence-corrected chi connectivity index (χ1v) is 7.22. The van der Waals surface area contributed by atoms with E-state index in [-0.39, 0.29) is 17.0 Å². The maximum absolute atomic E-state index is 12.2. The molecule has 0 bridgehead atoms. The molecule has 1 aromatic rings. The van der Waals surface area contributed by atoms with Crippen LogP contribution in [0.4, 0.5) is 4.79 Å². The van der Waals surface area contributed by atoms with E-state index in [1.54, 1.807) is 18.2 Å². The maximum atomic E-state index is 12.2. The van der Waals surface area contributed by atoms with Gasteiger partial charge in [-0.25, -0.2) is 9.59 Å². The fraction of sp³-hybridized carbons (Fsp3) is 0.500. The lowest BCUT2D eigenvalue weighted by Crippen LogP contribution is -2.47. The molecular formula is C16H22N2O3. The molecule has 1 heterocycles. The minimum atomic E-state index is -0.957. The van der Waals surface area contributed by atoms with Crippen molar-refractivity contribution in [2.75, 3.05) is 13.1 Å². The van der Waals surface area contributed by atoms with Crippen LogP contribution in [0, 0.1) is 5.41 Å². The first-order valence-electron chi connectivity index (χ1n) is 7.22. The zero-order valence-corrected chi connectivity index (χ0v) is 12.6. The number of likely N-dealkylation sites (tertiary alicyclic amines) is 1. The molecule has 21 heavy (non-hydrogen) atoms. The Hall–Kier alpha value is -2.04. The molecule has 5 nitrogen and oxygen atoms in total. The topological polar surface area (TPSA) is 69.6 Å². The van der Waals surface area contributed by atoms with Crippen LogP contribution in [0.15, 0.2) is 24.3 Å². The second-order valence-electron chi connectivity index (χ2n) is 6.35. The van der Waals surface area contributed by atoms with E-state index in [1.807, 2.05) is 11.0 Å². The van der Waals surface area contributed by atoms with Crippen LogP contribution in [0.2, 0.25) is 0 Å². The molecule has 1 aromatic carbocycles. The lowest BCUT2D eigenvalue weighted by atomic mass is 9.84. The normalized spacial score (nSPS) is 17.3. The summed E-state index contributed by atoms with van der Waals surface area (Å²) in [5.41, 5.74) is 1.19. The minimum Gasteiger partial charge on any atom is -0.478 e. The van der Waals surface area contributed by atoms with E-state index < -0.39 is 5.97 Å². The zero-order valence-electron chi connectivity index (χ0n) is 12.6.